The molecule has 5 amide bonds. The fourth-order valence-electron chi connectivity index (χ4n) is 4.19. The number of aliphatic carboxylic acids is 1. The SMILES string of the molecule is CC[C@H](C)[C@H](NC(=O)[C@@H](NC(=O)[C@H](CC(C)C)NC(=O)[C@H](CC(N)=O)NC(=O)[C@@H](N)CCCCN)[C@@H](C)CC)C(=O)O. The zero-order valence-corrected chi connectivity index (χ0v) is 25.9. The van der Waals surface area contributed by atoms with Gasteiger partial charge >= 0.3 is 5.97 Å². The first-order valence-corrected chi connectivity index (χ1v) is 14.8. The van der Waals surface area contributed by atoms with Crippen molar-refractivity contribution in [2.75, 3.05) is 6.54 Å². The van der Waals surface area contributed by atoms with Gasteiger partial charge in [-0.15, -0.1) is 0 Å². The summed E-state index contributed by atoms with van der Waals surface area (Å²) in [6.07, 6.45) is 2.26. The Kier molecular flexibility index (Phi) is 18.3. The van der Waals surface area contributed by atoms with Crippen LogP contribution in [0, 0.1) is 17.8 Å². The molecule has 0 aromatic heterocycles. The summed E-state index contributed by atoms with van der Waals surface area (Å²) in [5.41, 5.74) is 16.7. The molecule has 0 aliphatic carbocycles. The topological polar surface area (TPSA) is 249 Å². The number of hydrogen-bond acceptors (Lipinski definition) is 8. The molecular formula is C28H53N7O7. The van der Waals surface area contributed by atoms with Crippen molar-refractivity contribution in [3.05, 3.63) is 0 Å². The third-order valence-corrected chi connectivity index (χ3v) is 7.25. The molecule has 0 spiro atoms. The van der Waals surface area contributed by atoms with Gasteiger partial charge in [0.25, 0.3) is 0 Å². The molecule has 11 N–H and O–H groups in total. The van der Waals surface area contributed by atoms with Crippen LogP contribution in [0.2, 0.25) is 0 Å². The molecule has 0 radical (unpaired) electrons. The molecule has 0 saturated heterocycles. The Balaban J connectivity index is 5.88. The lowest BCUT2D eigenvalue weighted by atomic mass is 9.94. The Morgan fingerprint density at radius 1 is 0.714 bits per heavy atom. The van der Waals surface area contributed by atoms with Gasteiger partial charge in [0.05, 0.1) is 12.5 Å². The van der Waals surface area contributed by atoms with Crippen LogP contribution in [-0.4, -0.2) is 77.4 Å². The number of carboxylic acids is 1. The van der Waals surface area contributed by atoms with Crippen molar-refractivity contribution in [1.82, 2.24) is 21.3 Å². The van der Waals surface area contributed by atoms with Crippen molar-refractivity contribution in [3.8, 4) is 0 Å². The van der Waals surface area contributed by atoms with Crippen LogP contribution in [0.25, 0.3) is 0 Å². The molecule has 14 heteroatoms. The third kappa shape index (κ3) is 14.1. The number of carbonyl (C=O) groups is 6. The van der Waals surface area contributed by atoms with Crippen LogP contribution >= 0.6 is 0 Å². The average Bonchev–Trinajstić information content (AvgIpc) is 2.91. The predicted octanol–water partition coefficient (Wildman–Crippen LogP) is -0.520. The maximum atomic E-state index is 13.4. The number of nitrogens with two attached hydrogens (primary N) is 3. The summed E-state index contributed by atoms with van der Waals surface area (Å²) in [7, 11) is 0. The van der Waals surface area contributed by atoms with E-state index >= 15 is 0 Å². The Labute approximate surface area is 249 Å². The summed E-state index contributed by atoms with van der Waals surface area (Å²) >= 11 is 0. The molecule has 42 heavy (non-hydrogen) atoms. The van der Waals surface area contributed by atoms with Gasteiger partial charge in [0.1, 0.15) is 24.2 Å². The molecule has 0 fully saturated rings. The van der Waals surface area contributed by atoms with Crippen LogP contribution in [0.1, 0.15) is 86.5 Å². The van der Waals surface area contributed by atoms with E-state index in [2.05, 4.69) is 21.3 Å². The van der Waals surface area contributed by atoms with Crippen molar-refractivity contribution < 1.29 is 33.9 Å². The minimum atomic E-state index is -1.38. The van der Waals surface area contributed by atoms with Crippen LogP contribution in [-0.2, 0) is 28.8 Å². The lowest BCUT2D eigenvalue weighted by molar-refractivity contribution is -0.144. The summed E-state index contributed by atoms with van der Waals surface area (Å²) in [5.74, 6) is -5.60. The molecule has 0 aromatic rings. The van der Waals surface area contributed by atoms with Gasteiger partial charge < -0.3 is 43.6 Å². The lowest BCUT2D eigenvalue weighted by Crippen LogP contribution is -2.60. The smallest absolute Gasteiger partial charge is 0.326 e. The molecule has 0 aliphatic rings. The Morgan fingerprint density at radius 3 is 1.69 bits per heavy atom. The van der Waals surface area contributed by atoms with Gasteiger partial charge in [0.15, 0.2) is 0 Å². The van der Waals surface area contributed by atoms with Gasteiger partial charge in [0, 0.05) is 0 Å². The molecule has 0 unspecified atom stereocenters. The second-order valence-electron chi connectivity index (χ2n) is 11.4. The van der Waals surface area contributed by atoms with Crippen molar-refractivity contribution in [2.24, 2.45) is 35.0 Å². The Morgan fingerprint density at radius 2 is 1.21 bits per heavy atom. The highest BCUT2D eigenvalue weighted by molar-refractivity contribution is 5.97. The fourth-order valence-corrected chi connectivity index (χ4v) is 4.19. The molecule has 7 atom stereocenters. The highest BCUT2D eigenvalue weighted by Crippen LogP contribution is 2.14. The molecule has 242 valence electrons. The summed E-state index contributed by atoms with van der Waals surface area (Å²) in [6.45, 7) is 11.2. The highest BCUT2D eigenvalue weighted by Gasteiger charge is 2.35. The summed E-state index contributed by atoms with van der Waals surface area (Å²) in [4.78, 5) is 75.9. The minimum Gasteiger partial charge on any atom is -0.480 e. The molecule has 0 aromatic carbocycles. The number of hydrogen-bond donors (Lipinski definition) is 8. The quantitative estimate of drug-likeness (QED) is 0.0789. The van der Waals surface area contributed by atoms with Crippen molar-refractivity contribution in [2.45, 2.75) is 117 Å². The van der Waals surface area contributed by atoms with E-state index in [1.807, 2.05) is 27.7 Å². The molecule has 0 saturated carbocycles. The number of unbranched alkanes of at least 4 members (excludes halogenated alkanes) is 1. The van der Waals surface area contributed by atoms with Crippen LogP contribution in [0.3, 0.4) is 0 Å². The van der Waals surface area contributed by atoms with Gasteiger partial charge in [-0.25, -0.2) is 4.79 Å². The normalized spacial score (nSPS) is 16.2. The van der Waals surface area contributed by atoms with E-state index in [1.54, 1.807) is 13.8 Å². The first-order chi connectivity index (χ1) is 19.6. The maximum Gasteiger partial charge on any atom is 0.326 e. The summed E-state index contributed by atoms with van der Waals surface area (Å²) < 4.78 is 0. The largest absolute Gasteiger partial charge is 0.480 e. The Hall–Kier alpha value is -3.26. The first kappa shape index (κ1) is 38.7. The van der Waals surface area contributed by atoms with E-state index in [0.717, 1.165) is 0 Å². The van der Waals surface area contributed by atoms with E-state index in [1.165, 1.54) is 0 Å². The second kappa shape index (κ2) is 19.8. The van der Waals surface area contributed by atoms with Gasteiger partial charge in [-0.05, 0) is 43.6 Å². The molecule has 14 nitrogen and oxygen atoms in total. The number of primary amides is 1. The summed E-state index contributed by atoms with van der Waals surface area (Å²) in [5, 5.41) is 19.9. The van der Waals surface area contributed by atoms with E-state index in [0.29, 0.717) is 38.6 Å². The fraction of sp³-hybridized carbons (Fsp3) is 0.786. The van der Waals surface area contributed by atoms with E-state index in [4.69, 9.17) is 17.2 Å². The van der Waals surface area contributed by atoms with Gasteiger partial charge in [0.2, 0.25) is 29.5 Å². The average molecular weight is 600 g/mol. The number of carbonyl (C=O) groups excluding carboxylic acids is 5. The van der Waals surface area contributed by atoms with Crippen LogP contribution in [0.5, 0.6) is 0 Å². The molecule has 0 rings (SSSR count). The molecule has 0 aliphatic heterocycles. The minimum absolute atomic E-state index is 0.0705. The zero-order valence-electron chi connectivity index (χ0n) is 25.9. The van der Waals surface area contributed by atoms with Crippen molar-refractivity contribution in [3.63, 3.8) is 0 Å². The highest BCUT2D eigenvalue weighted by atomic mass is 16.4. The third-order valence-electron chi connectivity index (χ3n) is 7.25. The van der Waals surface area contributed by atoms with Gasteiger partial charge in [-0.3, -0.25) is 24.0 Å². The first-order valence-electron chi connectivity index (χ1n) is 14.8. The number of rotatable bonds is 21. The van der Waals surface area contributed by atoms with Gasteiger partial charge in [-0.2, -0.15) is 0 Å². The molecule has 0 bridgehead atoms. The van der Waals surface area contributed by atoms with Crippen LogP contribution in [0.15, 0.2) is 0 Å². The second-order valence-corrected chi connectivity index (χ2v) is 11.4. The standard InChI is InChI=1S/C28H53N7O7/c1-7-16(5)22(27(40)35-23(28(41)42)17(6)8-2)34-26(39)19(13-15(3)4)33-25(38)20(14-21(31)36)32-24(37)18(30)11-9-10-12-29/h15-20,22-23H,7-14,29-30H2,1-6H3,(H2,31,36)(H,32,37)(H,33,38)(H,34,39)(H,35,40)(H,41,42)/t16-,17-,18-,19-,20-,22-,23-/m0/s1. The monoisotopic (exact) mass is 599 g/mol. The zero-order chi connectivity index (χ0) is 32.6. The van der Waals surface area contributed by atoms with E-state index < -0.39 is 72.1 Å². The summed E-state index contributed by atoms with van der Waals surface area (Å²) in [6, 6.07) is -5.66. The lowest BCUT2D eigenvalue weighted by Gasteiger charge is -2.30. The van der Waals surface area contributed by atoms with E-state index in [-0.39, 0.29) is 24.2 Å². The number of carboxylic acid groups (broad SMARTS) is 1. The van der Waals surface area contributed by atoms with E-state index in [9.17, 15) is 33.9 Å². The van der Waals surface area contributed by atoms with Crippen LogP contribution in [0.4, 0.5) is 0 Å². The molecular weight excluding hydrogens is 546 g/mol. The number of nitrogens with one attached hydrogen (secondary N) is 4. The molecule has 0 heterocycles. The number of amides is 5. The maximum absolute atomic E-state index is 13.4. The van der Waals surface area contributed by atoms with Crippen molar-refractivity contribution in [1.29, 1.82) is 0 Å². The van der Waals surface area contributed by atoms with Crippen molar-refractivity contribution >= 4 is 35.5 Å². The predicted molar refractivity (Wildman–Crippen MR) is 158 cm³/mol. The Bertz CT molecular complexity index is 915. The van der Waals surface area contributed by atoms with Crippen LogP contribution < -0.4 is 38.5 Å². The van der Waals surface area contributed by atoms with Gasteiger partial charge in [-0.1, -0.05) is 60.8 Å².